The molecule has 0 saturated carbocycles. The number of anilines is 1. The van der Waals surface area contributed by atoms with Gasteiger partial charge < -0.3 is 4.90 Å². The van der Waals surface area contributed by atoms with Crippen LogP contribution in [0, 0.1) is 5.41 Å². The van der Waals surface area contributed by atoms with Crippen molar-refractivity contribution in [3.05, 3.63) is 59.1 Å². The lowest BCUT2D eigenvalue weighted by Crippen LogP contribution is -2.42. The number of aromatic amines is 1. The largest absolute Gasteiger partial charge is 0.342 e. The number of nitrogens with one attached hydrogen (secondary N) is 1. The van der Waals surface area contributed by atoms with E-state index in [-0.39, 0.29) is 46.0 Å². The Balaban J connectivity index is 1.25. The van der Waals surface area contributed by atoms with Crippen LogP contribution in [0.15, 0.2) is 53.5 Å². The van der Waals surface area contributed by atoms with Crippen LogP contribution in [-0.4, -0.2) is 55.0 Å². The van der Waals surface area contributed by atoms with Crippen LogP contribution >= 0.6 is 11.8 Å². The van der Waals surface area contributed by atoms with Crippen molar-refractivity contribution in [3.8, 4) is 0 Å². The highest BCUT2D eigenvalue weighted by Gasteiger charge is 2.44. The van der Waals surface area contributed by atoms with E-state index < -0.39 is 0 Å². The third-order valence-electron chi connectivity index (χ3n) is 6.98. The summed E-state index contributed by atoms with van der Waals surface area (Å²) in [5.41, 5.74) is 2.17. The standard InChI is InChI=1S/C27H33N5O3S/c1-27(2,3)17-23-32(18-8-5-4-6-9-18)25(34)21(36-23)16-22(33)30-14-11-19(12-15-30)31-20-10-7-13-28-24(20)29-26(31)35/h4-10,13,19,21,23H,11-12,14-17H2,1-3H3,(H,28,29,35). The van der Waals surface area contributed by atoms with Gasteiger partial charge in [-0.05, 0) is 48.9 Å². The van der Waals surface area contributed by atoms with Crippen LogP contribution in [0.1, 0.15) is 52.5 Å². The lowest BCUT2D eigenvalue weighted by Gasteiger charge is -2.33. The predicted octanol–water partition coefficient (Wildman–Crippen LogP) is 4.19. The SMILES string of the molecule is CC(C)(C)CC1SC(CC(=O)N2CCC(n3c(=O)[nH]c4ncccc43)CC2)C(=O)N1c1ccccc1. The Morgan fingerprint density at radius 3 is 2.50 bits per heavy atom. The average Bonchev–Trinajstić information content (AvgIpc) is 3.33. The van der Waals surface area contributed by atoms with Gasteiger partial charge in [0.1, 0.15) is 0 Å². The molecule has 3 aromatic rings. The molecule has 2 aromatic heterocycles. The first-order chi connectivity index (χ1) is 17.2. The third-order valence-corrected chi connectivity index (χ3v) is 8.36. The minimum absolute atomic E-state index is 0.00536. The number of aromatic nitrogens is 3. The van der Waals surface area contributed by atoms with Gasteiger partial charge in [-0.1, -0.05) is 39.0 Å². The number of carbonyl (C=O) groups is 2. The summed E-state index contributed by atoms with van der Waals surface area (Å²) < 4.78 is 1.77. The molecule has 2 amide bonds. The number of hydrogen-bond donors (Lipinski definition) is 1. The van der Waals surface area contributed by atoms with Crippen LogP contribution in [0.5, 0.6) is 0 Å². The topological polar surface area (TPSA) is 91.3 Å². The van der Waals surface area contributed by atoms with Crippen molar-refractivity contribution in [2.24, 2.45) is 5.41 Å². The Hall–Kier alpha value is -3.07. The summed E-state index contributed by atoms with van der Waals surface area (Å²) in [6, 6.07) is 13.5. The zero-order valence-corrected chi connectivity index (χ0v) is 21.8. The molecular formula is C27H33N5O3S. The van der Waals surface area contributed by atoms with Crippen LogP contribution in [0.2, 0.25) is 0 Å². The van der Waals surface area contributed by atoms with Gasteiger partial charge in [0.05, 0.1) is 16.1 Å². The van der Waals surface area contributed by atoms with E-state index in [4.69, 9.17) is 0 Å². The summed E-state index contributed by atoms with van der Waals surface area (Å²) in [6.45, 7) is 7.68. The average molecular weight is 508 g/mol. The number of pyridine rings is 1. The number of imidazole rings is 1. The molecule has 2 saturated heterocycles. The molecule has 0 bridgehead atoms. The highest BCUT2D eigenvalue weighted by Crippen LogP contribution is 2.42. The molecule has 36 heavy (non-hydrogen) atoms. The van der Waals surface area contributed by atoms with Crippen LogP contribution in [0.25, 0.3) is 11.2 Å². The molecule has 2 aliphatic heterocycles. The number of thioether (sulfide) groups is 1. The highest BCUT2D eigenvalue weighted by molar-refractivity contribution is 8.02. The number of para-hydroxylation sites is 1. The zero-order valence-electron chi connectivity index (χ0n) is 21.0. The van der Waals surface area contributed by atoms with Crippen molar-refractivity contribution in [2.45, 2.75) is 63.1 Å². The first kappa shape index (κ1) is 24.6. The fourth-order valence-electron chi connectivity index (χ4n) is 5.27. The van der Waals surface area contributed by atoms with Crippen molar-refractivity contribution < 1.29 is 9.59 Å². The van der Waals surface area contributed by atoms with Crippen molar-refractivity contribution >= 4 is 40.4 Å². The Kier molecular flexibility index (Phi) is 6.68. The zero-order chi connectivity index (χ0) is 25.4. The van der Waals surface area contributed by atoms with Gasteiger partial charge in [-0.25, -0.2) is 9.78 Å². The van der Waals surface area contributed by atoms with E-state index in [2.05, 4.69) is 30.7 Å². The van der Waals surface area contributed by atoms with Gasteiger partial charge in [0.25, 0.3) is 0 Å². The molecular weight excluding hydrogens is 474 g/mol. The van der Waals surface area contributed by atoms with E-state index in [1.54, 1.807) is 22.5 Å². The number of carbonyl (C=O) groups excluding carboxylic acids is 2. The summed E-state index contributed by atoms with van der Waals surface area (Å²) in [5.74, 6) is 0.0261. The number of amides is 2. The van der Waals surface area contributed by atoms with Gasteiger partial charge in [-0.15, -0.1) is 11.8 Å². The van der Waals surface area contributed by atoms with Gasteiger partial charge in [-0.2, -0.15) is 0 Å². The van der Waals surface area contributed by atoms with E-state index in [9.17, 15) is 14.4 Å². The Bertz CT molecular complexity index is 1300. The van der Waals surface area contributed by atoms with Gasteiger partial charge >= 0.3 is 5.69 Å². The first-order valence-electron chi connectivity index (χ1n) is 12.6. The minimum Gasteiger partial charge on any atom is -0.342 e. The van der Waals surface area contributed by atoms with E-state index >= 15 is 0 Å². The fraction of sp³-hybridized carbons (Fsp3) is 0.481. The van der Waals surface area contributed by atoms with E-state index in [1.165, 1.54) is 0 Å². The summed E-state index contributed by atoms with van der Waals surface area (Å²) in [5, 5.41) is -0.379. The molecule has 0 radical (unpaired) electrons. The van der Waals surface area contributed by atoms with Gasteiger partial charge in [0, 0.05) is 37.4 Å². The molecule has 2 aliphatic rings. The fourth-order valence-corrected chi connectivity index (χ4v) is 7.06. The molecule has 0 aliphatic carbocycles. The molecule has 2 unspecified atom stereocenters. The van der Waals surface area contributed by atoms with Crippen molar-refractivity contribution in [1.29, 1.82) is 0 Å². The number of H-pyrrole nitrogens is 1. The van der Waals surface area contributed by atoms with Crippen LogP contribution in [0.3, 0.4) is 0 Å². The second-order valence-corrected chi connectivity index (χ2v) is 12.3. The number of fused-ring (bicyclic) bond motifs is 1. The number of nitrogens with zero attached hydrogens (tertiary/aromatic N) is 4. The van der Waals surface area contributed by atoms with Gasteiger partial charge in [0.2, 0.25) is 11.8 Å². The molecule has 2 atom stereocenters. The second-order valence-electron chi connectivity index (χ2n) is 10.9. The van der Waals surface area contributed by atoms with Crippen LogP contribution < -0.4 is 10.6 Å². The summed E-state index contributed by atoms with van der Waals surface area (Å²) in [4.78, 5) is 50.1. The number of likely N-dealkylation sites (tertiary alicyclic amines) is 1. The summed E-state index contributed by atoms with van der Waals surface area (Å²) >= 11 is 1.62. The monoisotopic (exact) mass is 507 g/mol. The van der Waals surface area contributed by atoms with Gasteiger partial charge in [-0.3, -0.25) is 24.0 Å². The van der Waals surface area contributed by atoms with Crippen molar-refractivity contribution in [1.82, 2.24) is 19.4 Å². The Labute approximate surface area is 215 Å². The number of piperidine rings is 1. The normalized spacial score (nSPS) is 21.5. The molecule has 9 heteroatoms. The molecule has 4 heterocycles. The van der Waals surface area contributed by atoms with Gasteiger partial charge in [0.15, 0.2) is 5.65 Å². The number of benzene rings is 1. The number of hydrogen-bond acceptors (Lipinski definition) is 5. The van der Waals surface area contributed by atoms with Crippen molar-refractivity contribution in [2.75, 3.05) is 18.0 Å². The second kappa shape index (κ2) is 9.76. The quantitative estimate of drug-likeness (QED) is 0.559. The Morgan fingerprint density at radius 1 is 1.08 bits per heavy atom. The van der Waals surface area contributed by atoms with E-state index in [0.29, 0.717) is 31.6 Å². The lowest BCUT2D eigenvalue weighted by atomic mass is 9.92. The Morgan fingerprint density at radius 2 is 1.81 bits per heavy atom. The maximum Gasteiger partial charge on any atom is 0.327 e. The van der Waals surface area contributed by atoms with E-state index in [0.717, 1.165) is 17.6 Å². The lowest BCUT2D eigenvalue weighted by molar-refractivity contribution is -0.133. The third kappa shape index (κ3) is 4.93. The molecule has 5 rings (SSSR count). The first-order valence-corrected chi connectivity index (χ1v) is 13.5. The predicted molar refractivity (Wildman–Crippen MR) is 143 cm³/mol. The molecule has 1 aromatic carbocycles. The smallest absolute Gasteiger partial charge is 0.327 e. The maximum atomic E-state index is 13.5. The molecule has 0 spiro atoms. The molecule has 2 fully saturated rings. The molecule has 1 N–H and O–H groups in total. The van der Waals surface area contributed by atoms with Crippen LogP contribution in [-0.2, 0) is 9.59 Å². The van der Waals surface area contributed by atoms with Crippen LogP contribution in [0.4, 0.5) is 5.69 Å². The maximum absolute atomic E-state index is 13.5. The minimum atomic E-state index is -0.384. The molecule has 8 nitrogen and oxygen atoms in total. The summed E-state index contributed by atoms with van der Waals surface area (Å²) in [6.07, 6.45) is 4.11. The van der Waals surface area contributed by atoms with E-state index in [1.807, 2.05) is 52.3 Å². The summed E-state index contributed by atoms with van der Waals surface area (Å²) in [7, 11) is 0. The van der Waals surface area contributed by atoms with Crippen molar-refractivity contribution in [3.63, 3.8) is 0 Å². The highest BCUT2D eigenvalue weighted by atomic mass is 32.2. The number of rotatable bonds is 5. The molecule has 190 valence electrons.